The van der Waals surface area contributed by atoms with E-state index >= 15 is 0 Å². The van der Waals surface area contributed by atoms with E-state index in [1.165, 1.54) is 0 Å². The van der Waals surface area contributed by atoms with E-state index in [2.05, 4.69) is 15.4 Å². The molecule has 0 atom stereocenters. The van der Waals surface area contributed by atoms with Crippen molar-refractivity contribution in [2.75, 3.05) is 12.4 Å². The molecule has 0 spiro atoms. The Bertz CT molecular complexity index is 1050. The number of nitrogens with one attached hydrogen (secondary N) is 1. The fourth-order valence-electron chi connectivity index (χ4n) is 3.15. The van der Waals surface area contributed by atoms with E-state index in [9.17, 15) is 4.79 Å². The van der Waals surface area contributed by atoms with Crippen LogP contribution < -0.4 is 14.8 Å². The minimum atomic E-state index is -0.255. The molecule has 0 saturated carbocycles. The molecular weight excluding hydrogens is 392 g/mol. The van der Waals surface area contributed by atoms with Gasteiger partial charge in [0.05, 0.1) is 36.7 Å². The van der Waals surface area contributed by atoms with Crippen molar-refractivity contribution < 1.29 is 14.3 Å². The fourth-order valence-corrected chi connectivity index (χ4v) is 3.15. The van der Waals surface area contributed by atoms with Crippen molar-refractivity contribution in [2.24, 2.45) is 0 Å². The highest BCUT2D eigenvalue weighted by atomic mass is 16.5. The summed E-state index contributed by atoms with van der Waals surface area (Å²) < 4.78 is 13.1. The first-order valence-electron chi connectivity index (χ1n) is 10.2. The van der Waals surface area contributed by atoms with Gasteiger partial charge in [-0.25, -0.2) is 4.68 Å². The summed E-state index contributed by atoms with van der Waals surface area (Å²) in [5, 5.41) is 7.58. The van der Waals surface area contributed by atoms with Crippen molar-refractivity contribution in [3.8, 4) is 11.5 Å². The molecule has 0 radical (unpaired) electrons. The van der Waals surface area contributed by atoms with Gasteiger partial charge in [-0.15, -0.1) is 0 Å². The Balaban J connectivity index is 1.72. The summed E-state index contributed by atoms with van der Waals surface area (Å²) in [4.78, 5) is 17.2. The largest absolute Gasteiger partial charge is 0.495 e. The number of aromatic nitrogens is 3. The Morgan fingerprint density at radius 3 is 2.52 bits per heavy atom. The van der Waals surface area contributed by atoms with Crippen molar-refractivity contribution in [1.82, 2.24) is 14.8 Å². The van der Waals surface area contributed by atoms with E-state index < -0.39 is 0 Å². The number of amides is 1. The van der Waals surface area contributed by atoms with E-state index in [0.717, 1.165) is 16.8 Å². The summed E-state index contributed by atoms with van der Waals surface area (Å²) in [5.74, 6) is 1.62. The SMILES string of the molecule is COc1cc(OCc2ccccc2)cnc1CC(=O)Nc1c(C)c(C)nn1C(C)(C)C. The molecule has 164 valence electrons. The highest BCUT2D eigenvalue weighted by Gasteiger charge is 2.23. The molecule has 0 saturated heterocycles. The molecule has 2 heterocycles. The molecule has 0 fully saturated rings. The minimum absolute atomic E-state index is 0.0793. The predicted octanol–water partition coefficient (Wildman–Crippen LogP) is 4.42. The quantitative estimate of drug-likeness (QED) is 0.610. The van der Waals surface area contributed by atoms with Crippen LogP contribution >= 0.6 is 0 Å². The van der Waals surface area contributed by atoms with Gasteiger partial charge in [0, 0.05) is 11.6 Å². The number of hydrogen-bond donors (Lipinski definition) is 1. The van der Waals surface area contributed by atoms with Crippen molar-refractivity contribution in [3.05, 3.63) is 65.1 Å². The van der Waals surface area contributed by atoms with Crippen molar-refractivity contribution in [3.63, 3.8) is 0 Å². The van der Waals surface area contributed by atoms with Gasteiger partial charge in [-0.05, 0) is 40.2 Å². The molecule has 1 N–H and O–H groups in total. The lowest BCUT2D eigenvalue weighted by atomic mass is 10.1. The molecule has 0 aliphatic heterocycles. The molecule has 1 amide bonds. The number of methoxy groups -OCH3 is 1. The van der Waals surface area contributed by atoms with Crippen LogP contribution in [0.15, 0.2) is 42.6 Å². The van der Waals surface area contributed by atoms with Gasteiger partial charge in [-0.1, -0.05) is 30.3 Å². The number of anilines is 1. The normalized spacial score (nSPS) is 11.3. The third-order valence-corrected chi connectivity index (χ3v) is 4.95. The van der Waals surface area contributed by atoms with E-state index in [1.807, 2.05) is 69.6 Å². The standard InChI is InChI=1S/C24H30N4O3/c1-16-17(2)27-28(24(3,4)5)23(16)26-22(29)13-20-21(30-6)12-19(14-25-20)31-15-18-10-8-7-9-11-18/h7-12,14H,13,15H2,1-6H3,(H,26,29). The highest BCUT2D eigenvalue weighted by molar-refractivity contribution is 5.92. The summed E-state index contributed by atoms with van der Waals surface area (Å²) in [6.45, 7) is 10.5. The molecule has 7 heteroatoms. The van der Waals surface area contributed by atoms with Gasteiger partial charge in [-0.3, -0.25) is 9.78 Å². The van der Waals surface area contributed by atoms with Crippen LogP contribution in [0.3, 0.4) is 0 Å². The van der Waals surface area contributed by atoms with Crippen molar-refractivity contribution >= 4 is 11.7 Å². The summed E-state index contributed by atoms with van der Waals surface area (Å²) in [7, 11) is 1.56. The summed E-state index contributed by atoms with van der Waals surface area (Å²) in [6.07, 6.45) is 1.69. The molecule has 31 heavy (non-hydrogen) atoms. The average Bonchev–Trinajstić information content (AvgIpc) is 3.02. The fraction of sp³-hybridized carbons (Fsp3) is 0.375. The second-order valence-electron chi connectivity index (χ2n) is 8.46. The number of carbonyl (C=O) groups excluding carboxylic acids is 1. The number of carbonyl (C=O) groups is 1. The first-order valence-corrected chi connectivity index (χ1v) is 10.2. The van der Waals surface area contributed by atoms with Gasteiger partial charge in [0.2, 0.25) is 5.91 Å². The number of hydrogen-bond acceptors (Lipinski definition) is 5. The Morgan fingerprint density at radius 2 is 1.87 bits per heavy atom. The molecule has 1 aromatic carbocycles. The number of rotatable bonds is 7. The van der Waals surface area contributed by atoms with Gasteiger partial charge in [0.15, 0.2) is 0 Å². The maximum absolute atomic E-state index is 12.8. The number of ether oxygens (including phenoxy) is 2. The van der Waals surface area contributed by atoms with Crippen LogP contribution in [-0.4, -0.2) is 27.8 Å². The van der Waals surface area contributed by atoms with E-state index in [0.29, 0.717) is 29.6 Å². The molecule has 0 aliphatic carbocycles. The molecule has 2 aromatic heterocycles. The zero-order valence-electron chi connectivity index (χ0n) is 19.0. The zero-order valence-corrected chi connectivity index (χ0v) is 19.0. The summed E-state index contributed by atoms with van der Waals surface area (Å²) >= 11 is 0. The summed E-state index contributed by atoms with van der Waals surface area (Å²) in [6, 6.07) is 11.6. The second kappa shape index (κ2) is 9.20. The van der Waals surface area contributed by atoms with E-state index in [-0.39, 0.29) is 17.9 Å². The Morgan fingerprint density at radius 1 is 1.16 bits per heavy atom. The van der Waals surface area contributed by atoms with Gasteiger partial charge in [-0.2, -0.15) is 5.10 Å². The maximum atomic E-state index is 12.8. The molecule has 7 nitrogen and oxygen atoms in total. The zero-order chi connectivity index (χ0) is 22.6. The predicted molar refractivity (Wildman–Crippen MR) is 121 cm³/mol. The lowest BCUT2D eigenvalue weighted by Gasteiger charge is -2.23. The van der Waals surface area contributed by atoms with Gasteiger partial charge < -0.3 is 14.8 Å². The molecule has 0 unspecified atom stereocenters. The van der Waals surface area contributed by atoms with Crippen LogP contribution in [0.25, 0.3) is 0 Å². The van der Waals surface area contributed by atoms with Crippen molar-refractivity contribution in [2.45, 2.75) is 53.2 Å². The van der Waals surface area contributed by atoms with Crippen LogP contribution in [-0.2, 0) is 23.4 Å². The molecule has 3 aromatic rings. The first kappa shape index (κ1) is 22.3. The molecule has 3 rings (SSSR count). The van der Waals surface area contributed by atoms with Crippen LogP contribution in [0.4, 0.5) is 5.82 Å². The highest BCUT2D eigenvalue weighted by Crippen LogP contribution is 2.27. The van der Waals surface area contributed by atoms with Crippen LogP contribution in [0.5, 0.6) is 11.5 Å². The number of pyridine rings is 1. The van der Waals surface area contributed by atoms with Crippen LogP contribution in [0.2, 0.25) is 0 Å². The Kier molecular flexibility index (Phi) is 6.63. The Hall–Kier alpha value is -3.35. The molecular formula is C24H30N4O3. The van der Waals surface area contributed by atoms with E-state index in [1.54, 1.807) is 19.4 Å². The third-order valence-electron chi connectivity index (χ3n) is 4.95. The molecule has 0 aliphatic rings. The number of nitrogens with zero attached hydrogens (tertiary/aromatic N) is 3. The van der Waals surface area contributed by atoms with Gasteiger partial charge in [0.25, 0.3) is 0 Å². The Labute approximate surface area is 183 Å². The minimum Gasteiger partial charge on any atom is -0.495 e. The van der Waals surface area contributed by atoms with Crippen LogP contribution in [0, 0.1) is 13.8 Å². The lowest BCUT2D eigenvalue weighted by molar-refractivity contribution is -0.115. The number of benzene rings is 1. The second-order valence-corrected chi connectivity index (χ2v) is 8.46. The third kappa shape index (κ3) is 5.42. The first-order chi connectivity index (χ1) is 14.7. The average molecular weight is 423 g/mol. The maximum Gasteiger partial charge on any atom is 0.231 e. The van der Waals surface area contributed by atoms with Crippen LogP contribution in [0.1, 0.15) is 43.3 Å². The van der Waals surface area contributed by atoms with Gasteiger partial charge in [0.1, 0.15) is 23.9 Å². The number of aryl methyl sites for hydroxylation is 1. The lowest BCUT2D eigenvalue weighted by Crippen LogP contribution is -2.27. The van der Waals surface area contributed by atoms with Crippen molar-refractivity contribution in [1.29, 1.82) is 0 Å². The van der Waals surface area contributed by atoms with Gasteiger partial charge >= 0.3 is 0 Å². The van der Waals surface area contributed by atoms with E-state index in [4.69, 9.17) is 9.47 Å². The monoisotopic (exact) mass is 422 g/mol. The topological polar surface area (TPSA) is 78.3 Å². The molecule has 0 bridgehead atoms. The summed E-state index contributed by atoms with van der Waals surface area (Å²) in [5.41, 5.74) is 3.19. The smallest absolute Gasteiger partial charge is 0.231 e.